The highest BCUT2D eigenvalue weighted by Gasteiger charge is 2.26. The molecule has 126 valence electrons. The summed E-state index contributed by atoms with van der Waals surface area (Å²) in [5.74, 6) is -0.115. The average Bonchev–Trinajstić information content (AvgIpc) is 2.99. The molecule has 1 amide bonds. The van der Waals surface area contributed by atoms with Crippen molar-refractivity contribution in [3.8, 4) is 0 Å². The molecule has 0 saturated heterocycles. The van der Waals surface area contributed by atoms with Gasteiger partial charge in [-0.15, -0.1) is 0 Å². The zero-order valence-electron chi connectivity index (χ0n) is 13.8. The molecular weight excluding hydrogens is 343 g/mol. The maximum absolute atomic E-state index is 12.4. The van der Waals surface area contributed by atoms with Crippen LogP contribution in [0.25, 0.3) is 0 Å². The standard InChI is InChI=1S/C19H20Cl2N2O/c1-12-7-9-15(20)19(18(12)21)22-17(24)11-23(2)16-10-8-13-5-3-4-6-14(13)16/h3-7,9,16H,8,10-11H2,1-2H3,(H,22,24)/t16-/m0/s1. The third kappa shape index (κ3) is 3.44. The van der Waals surface area contributed by atoms with E-state index in [-0.39, 0.29) is 11.9 Å². The van der Waals surface area contributed by atoms with Crippen LogP contribution in [0.15, 0.2) is 36.4 Å². The molecule has 0 radical (unpaired) electrons. The first kappa shape index (κ1) is 17.3. The van der Waals surface area contributed by atoms with Gasteiger partial charge >= 0.3 is 0 Å². The van der Waals surface area contributed by atoms with Crippen LogP contribution in [0.3, 0.4) is 0 Å². The highest BCUT2D eigenvalue weighted by Crippen LogP contribution is 2.35. The maximum Gasteiger partial charge on any atom is 0.238 e. The second kappa shape index (κ2) is 7.14. The highest BCUT2D eigenvalue weighted by molar-refractivity contribution is 6.40. The molecule has 0 aromatic heterocycles. The van der Waals surface area contributed by atoms with Gasteiger partial charge in [-0.2, -0.15) is 0 Å². The van der Waals surface area contributed by atoms with E-state index in [1.165, 1.54) is 11.1 Å². The number of carbonyl (C=O) groups is 1. The minimum Gasteiger partial charge on any atom is -0.322 e. The van der Waals surface area contributed by atoms with Crippen LogP contribution in [-0.2, 0) is 11.2 Å². The zero-order valence-corrected chi connectivity index (χ0v) is 15.3. The van der Waals surface area contributed by atoms with E-state index in [0.717, 1.165) is 18.4 Å². The fourth-order valence-electron chi connectivity index (χ4n) is 3.28. The van der Waals surface area contributed by atoms with Crippen molar-refractivity contribution >= 4 is 34.8 Å². The van der Waals surface area contributed by atoms with Crippen LogP contribution in [-0.4, -0.2) is 24.4 Å². The van der Waals surface area contributed by atoms with E-state index in [2.05, 4.69) is 34.5 Å². The molecule has 2 aromatic carbocycles. The Hall–Kier alpha value is -1.55. The summed E-state index contributed by atoms with van der Waals surface area (Å²) in [7, 11) is 1.98. The third-order valence-corrected chi connectivity index (χ3v) is 5.38. The molecule has 0 aliphatic heterocycles. The van der Waals surface area contributed by atoms with Crippen molar-refractivity contribution in [3.63, 3.8) is 0 Å². The minimum absolute atomic E-state index is 0.115. The van der Waals surface area contributed by atoms with Crippen molar-refractivity contribution in [1.82, 2.24) is 4.90 Å². The van der Waals surface area contributed by atoms with E-state index in [1.807, 2.05) is 20.0 Å². The molecule has 1 N–H and O–H groups in total. The Morgan fingerprint density at radius 3 is 2.79 bits per heavy atom. The molecule has 0 unspecified atom stereocenters. The molecule has 1 aliphatic rings. The highest BCUT2D eigenvalue weighted by atomic mass is 35.5. The molecule has 2 aromatic rings. The minimum atomic E-state index is -0.115. The molecule has 1 aliphatic carbocycles. The van der Waals surface area contributed by atoms with Crippen LogP contribution in [0.4, 0.5) is 5.69 Å². The van der Waals surface area contributed by atoms with Gasteiger partial charge in [-0.3, -0.25) is 9.69 Å². The molecule has 0 spiro atoms. The van der Waals surface area contributed by atoms with Crippen LogP contribution in [0.2, 0.25) is 10.0 Å². The van der Waals surface area contributed by atoms with Crippen LogP contribution in [0.5, 0.6) is 0 Å². The Morgan fingerprint density at radius 2 is 2.00 bits per heavy atom. The number of hydrogen-bond acceptors (Lipinski definition) is 2. The quantitative estimate of drug-likeness (QED) is 0.841. The average molecular weight is 363 g/mol. The van der Waals surface area contributed by atoms with Crippen molar-refractivity contribution in [3.05, 3.63) is 63.1 Å². The second-order valence-electron chi connectivity index (χ2n) is 6.27. The van der Waals surface area contributed by atoms with E-state index in [9.17, 15) is 4.79 Å². The van der Waals surface area contributed by atoms with Gasteiger partial charge in [0.25, 0.3) is 0 Å². The Labute approximate surface area is 152 Å². The number of anilines is 1. The van der Waals surface area contributed by atoms with Crippen molar-refractivity contribution < 1.29 is 4.79 Å². The summed E-state index contributed by atoms with van der Waals surface area (Å²) < 4.78 is 0. The summed E-state index contributed by atoms with van der Waals surface area (Å²) in [5.41, 5.74) is 4.07. The Bertz CT molecular complexity index is 776. The van der Waals surface area contributed by atoms with Gasteiger partial charge in [-0.1, -0.05) is 53.5 Å². The first-order valence-corrected chi connectivity index (χ1v) is 8.75. The summed E-state index contributed by atoms with van der Waals surface area (Å²) in [4.78, 5) is 14.5. The maximum atomic E-state index is 12.4. The number of nitrogens with zero attached hydrogens (tertiary/aromatic N) is 1. The van der Waals surface area contributed by atoms with E-state index in [1.54, 1.807) is 6.07 Å². The predicted molar refractivity (Wildman–Crippen MR) is 100.0 cm³/mol. The number of halogens is 2. The number of nitrogens with one attached hydrogen (secondary N) is 1. The number of benzene rings is 2. The van der Waals surface area contributed by atoms with Crippen LogP contribution in [0, 0.1) is 6.92 Å². The number of rotatable bonds is 4. The summed E-state index contributed by atoms with van der Waals surface area (Å²) in [6.07, 6.45) is 2.09. The topological polar surface area (TPSA) is 32.3 Å². The normalized spacial score (nSPS) is 16.3. The van der Waals surface area contributed by atoms with E-state index >= 15 is 0 Å². The summed E-state index contributed by atoms with van der Waals surface area (Å²) in [6, 6.07) is 12.3. The van der Waals surface area contributed by atoms with Gasteiger partial charge in [-0.05, 0) is 49.6 Å². The lowest BCUT2D eigenvalue weighted by Crippen LogP contribution is -2.32. The van der Waals surface area contributed by atoms with Gasteiger partial charge in [0, 0.05) is 6.04 Å². The number of carbonyl (C=O) groups excluding carboxylic acids is 1. The lowest BCUT2D eigenvalue weighted by Gasteiger charge is -2.25. The number of hydrogen-bond donors (Lipinski definition) is 1. The molecule has 5 heteroatoms. The van der Waals surface area contributed by atoms with Crippen molar-refractivity contribution in [2.75, 3.05) is 18.9 Å². The van der Waals surface area contributed by atoms with Crippen molar-refractivity contribution in [2.45, 2.75) is 25.8 Å². The zero-order chi connectivity index (χ0) is 17.3. The van der Waals surface area contributed by atoms with E-state index < -0.39 is 0 Å². The lowest BCUT2D eigenvalue weighted by atomic mass is 10.1. The van der Waals surface area contributed by atoms with Gasteiger partial charge in [0.05, 0.1) is 22.3 Å². The second-order valence-corrected chi connectivity index (χ2v) is 7.06. The van der Waals surface area contributed by atoms with Gasteiger partial charge < -0.3 is 5.32 Å². The lowest BCUT2D eigenvalue weighted by molar-refractivity contribution is -0.117. The molecule has 24 heavy (non-hydrogen) atoms. The van der Waals surface area contributed by atoms with Crippen LogP contribution < -0.4 is 5.32 Å². The molecule has 1 atom stereocenters. The summed E-state index contributed by atoms with van der Waals surface area (Å²) in [6.45, 7) is 2.18. The van der Waals surface area contributed by atoms with Crippen molar-refractivity contribution in [2.24, 2.45) is 0 Å². The van der Waals surface area contributed by atoms with E-state index in [4.69, 9.17) is 23.2 Å². The number of amides is 1. The molecule has 0 bridgehead atoms. The first-order chi connectivity index (χ1) is 11.5. The van der Waals surface area contributed by atoms with Crippen molar-refractivity contribution in [1.29, 1.82) is 0 Å². The SMILES string of the molecule is Cc1ccc(Cl)c(NC(=O)CN(C)[C@H]2CCc3ccccc32)c1Cl. The largest absolute Gasteiger partial charge is 0.322 e. The van der Waals surface area contributed by atoms with Gasteiger partial charge in [0.15, 0.2) is 0 Å². The number of likely N-dealkylation sites (N-methyl/N-ethyl adjacent to an activating group) is 1. The summed E-state index contributed by atoms with van der Waals surface area (Å²) in [5, 5.41) is 3.80. The molecule has 3 rings (SSSR count). The monoisotopic (exact) mass is 362 g/mol. The molecule has 0 heterocycles. The molecular formula is C19H20Cl2N2O. The molecule has 0 fully saturated rings. The molecule has 0 saturated carbocycles. The first-order valence-electron chi connectivity index (χ1n) is 8.00. The van der Waals surface area contributed by atoms with E-state index in [0.29, 0.717) is 22.3 Å². The smallest absolute Gasteiger partial charge is 0.238 e. The van der Waals surface area contributed by atoms with Crippen LogP contribution >= 0.6 is 23.2 Å². The van der Waals surface area contributed by atoms with Gasteiger partial charge in [-0.25, -0.2) is 0 Å². The third-order valence-electron chi connectivity index (χ3n) is 4.57. The Balaban J connectivity index is 1.69. The predicted octanol–water partition coefficient (Wildman–Crippen LogP) is 4.86. The van der Waals surface area contributed by atoms with Gasteiger partial charge in [0.1, 0.15) is 0 Å². The number of fused-ring (bicyclic) bond motifs is 1. The van der Waals surface area contributed by atoms with Gasteiger partial charge in [0.2, 0.25) is 5.91 Å². The Kier molecular flexibility index (Phi) is 5.14. The Morgan fingerprint density at radius 1 is 1.25 bits per heavy atom. The van der Waals surface area contributed by atoms with Crippen LogP contribution in [0.1, 0.15) is 29.2 Å². The fourth-order valence-corrected chi connectivity index (χ4v) is 3.74. The fraction of sp³-hybridized carbons (Fsp3) is 0.316. The number of aryl methyl sites for hydroxylation is 2. The molecule has 3 nitrogen and oxygen atoms in total. The summed E-state index contributed by atoms with van der Waals surface area (Å²) >= 11 is 12.4.